The smallest absolute Gasteiger partial charge is 0.256 e. The molecule has 1 aromatic carbocycles. The van der Waals surface area contributed by atoms with Gasteiger partial charge in [-0.1, -0.05) is 30.3 Å². The quantitative estimate of drug-likeness (QED) is 0.306. The fraction of sp³-hybridized carbons (Fsp3) is 0.310. The Bertz CT molecular complexity index is 1460. The van der Waals surface area contributed by atoms with E-state index in [1.807, 2.05) is 53.4 Å². The Morgan fingerprint density at radius 3 is 2.51 bits per heavy atom. The van der Waals surface area contributed by atoms with Crippen molar-refractivity contribution >= 4 is 17.2 Å². The van der Waals surface area contributed by atoms with Crippen LogP contribution in [0.5, 0.6) is 5.75 Å². The summed E-state index contributed by atoms with van der Waals surface area (Å²) >= 11 is 0. The number of carbonyl (C=O) groups is 1. The molecule has 4 heterocycles. The minimum atomic E-state index is -0.608. The molecule has 1 unspecified atom stereocenters. The summed E-state index contributed by atoms with van der Waals surface area (Å²) in [4.78, 5) is 21.9. The van der Waals surface area contributed by atoms with Crippen LogP contribution < -0.4 is 9.64 Å². The molecule has 1 atom stereocenters. The van der Waals surface area contributed by atoms with Gasteiger partial charge >= 0.3 is 0 Å². The molecular formula is C29H30N6O4. The van der Waals surface area contributed by atoms with E-state index in [0.29, 0.717) is 56.2 Å². The molecule has 0 N–H and O–H groups in total. The minimum absolute atomic E-state index is 0.0302. The molecular weight excluding hydrogens is 496 g/mol. The number of carbonyl (C=O) groups excluding carboxylic acids is 1. The van der Waals surface area contributed by atoms with Crippen molar-refractivity contribution < 1.29 is 19.0 Å². The summed E-state index contributed by atoms with van der Waals surface area (Å²) in [5.41, 5.74) is 3.68. The van der Waals surface area contributed by atoms with Crippen molar-refractivity contribution in [1.82, 2.24) is 19.5 Å². The largest absolute Gasteiger partial charge is 0.490 e. The van der Waals surface area contributed by atoms with Crippen molar-refractivity contribution in [2.75, 3.05) is 58.5 Å². The van der Waals surface area contributed by atoms with E-state index in [2.05, 4.69) is 16.1 Å². The molecule has 1 aliphatic heterocycles. The molecule has 1 fully saturated rings. The summed E-state index contributed by atoms with van der Waals surface area (Å²) in [6, 6.07) is 17.6. The standard InChI is InChI=1S/C29H30N6O4/c1-37-14-15-39-24-16-25(27-23(17-30)19-32-35(27)20-24)22-8-9-26(31-18-22)33-10-12-34(13-11-33)29(36)28(38-2)21-6-4-3-5-7-21/h3-9,16,18-20,28H,10-15H2,1-2H3. The van der Waals surface area contributed by atoms with Crippen molar-refractivity contribution in [1.29, 1.82) is 5.26 Å². The molecule has 3 aromatic heterocycles. The zero-order valence-electron chi connectivity index (χ0n) is 22.0. The maximum absolute atomic E-state index is 13.1. The molecule has 0 aliphatic carbocycles. The van der Waals surface area contributed by atoms with E-state index < -0.39 is 6.10 Å². The van der Waals surface area contributed by atoms with Crippen LogP contribution in [0.15, 0.2) is 67.1 Å². The van der Waals surface area contributed by atoms with Crippen LogP contribution in [0.1, 0.15) is 17.2 Å². The van der Waals surface area contributed by atoms with Gasteiger partial charge in [0.05, 0.1) is 30.1 Å². The van der Waals surface area contributed by atoms with E-state index in [9.17, 15) is 10.1 Å². The highest BCUT2D eigenvalue weighted by atomic mass is 16.5. The Hall–Kier alpha value is -4.46. The minimum Gasteiger partial charge on any atom is -0.490 e. The molecule has 0 spiro atoms. The number of fused-ring (bicyclic) bond motifs is 1. The second-order valence-corrected chi connectivity index (χ2v) is 9.14. The summed E-state index contributed by atoms with van der Waals surface area (Å²) in [5, 5.41) is 13.9. The first-order chi connectivity index (χ1) is 19.1. The van der Waals surface area contributed by atoms with E-state index in [1.165, 1.54) is 0 Å². The first-order valence-electron chi connectivity index (χ1n) is 12.7. The number of anilines is 1. The summed E-state index contributed by atoms with van der Waals surface area (Å²) < 4.78 is 18.1. The molecule has 10 nitrogen and oxygen atoms in total. The highest BCUT2D eigenvalue weighted by molar-refractivity contribution is 5.85. The maximum Gasteiger partial charge on any atom is 0.256 e. The lowest BCUT2D eigenvalue weighted by atomic mass is 10.1. The fourth-order valence-electron chi connectivity index (χ4n) is 4.78. The van der Waals surface area contributed by atoms with Gasteiger partial charge in [0.25, 0.3) is 5.91 Å². The SMILES string of the molecule is COCCOc1cc(-c2ccc(N3CCN(C(=O)C(OC)c4ccccc4)CC3)nc2)c2c(C#N)cnn2c1. The lowest BCUT2D eigenvalue weighted by molar-refractivity contribution is -0.142. The van der Waals surface area contributed by atoms with Crippen LogP contribution in [0.2, 0.25) is 0 Å². The van der Waals surface area contributed by atoms with E-state index >= 15 is 0 Å². The number of ether oxygens (including phenoxy) is 3. The van der Waals surface area contributed by atoms with Gasteiger partial charge in [-0.05, 0) is 23.8 Å². The van der Waals surface area contributed by atoms with Crippen LogP contribution in [0.4, 0.5) is 5.82 Å². The third-order valence-corrected chi connectivity index (χ3v) is 6.80. The van der Waals surface area contributed by atoms with Crippen molar-refractivity contribution in [2.24, 2.45) is 0 Å². The highest BCUT2D eigenvalue weighted by Gasteiger charge is 2.29. The van der Waals surface area contributed by atoms with Crippen molar-refractivity contribution in [3.8, 4) is 22.9 Å². The summed E-state index contributed by atoms with van der Waals surface area (Å²) in [6.45, 7) is 3.35. The number of hydrogen-bond donors (Lipinski definition) is 0. The fourth-order valence-corrected chi connectivity index (χ4v) is 4.78. The molecule has 0 radical (unpaired) electrons. The highest BCUT2D eigenvalue weighted by Crippen LogP contribution is 2.31. The van der Waals surface area contributed by atoms with E-state index in [1.54, 1.807) is 37.3 Å². The van der Waals surface area contributed by atoms with Gasteiger partial charge in [-0.2, -0.15) is 10.4 Å². The molecule has 0 bridgehead atoms. The number of pyridine rings is 2. The summed E-state index contributed by atoms with van der Waals surface area (Å²) in [5.74, 6) is 1.42. The molecule has 5 rings (SSSR count). The number of benzene rings is 1. The third kappa shape index (κ3) is 5.55. The first kappa shape index (κ1) is 26.2. The number of nitriles is 1. The maximum atomic E-state index is 13.1. The van der Waals surface area contributed by atoms with Gasteiger partial charge in [-0.25, -0.2) is 9.50 Å². The van der Waals surface area contributed by atoms with Gasteiger partial charge in [-0.3, -0.25) is 4.79 Å². The number of hydrogen-bond acceptors (Lipinski definition) is 8. The van der Waals surface area contributed by atoms with Gasteiger partial charge < -0.3 is 24.0 Å². The van der Waals surface area contributed by atoms with Crippen LogP contribution >= 0.6 is 0 Å². The topological polar surface area (TPSA) is 105 Å². The average molecular weight is 527 g/mol. The Morgan fingerprint density at radius 2 is 1.85 bits per heavy atom. The predicted octanol–water partition coefficient (Wildman–Crippen LogP) is 3.33. The Kier molecular flexibility index (Phi) is 8.01. The lowest BCUT2D eigenvalue weighted by Gasteiger charge is -2.36. The molecule has 1 amide bonds. The Morgan fingerprint density at radius 1 is 1.05 bits per heavy atom. The molecule has 1 saturated heterocycles. The normalized spacial score (nSPS) is 14.3. The van der Waals surface area contributed by atoms with Gasteiger partial charge in [0.1, 0.15) is 24.2 Å². The number of amides is 1. The molecule has 39 heavy (non-hydrogen) atoms. The van der Waals surface area contributed by atoms with E-state index in [0.717, 1.165) is 22.5 Å². The molecule has 0 saturated carbocycles. The lowest BCUT2D eigenvalue weighted by Crippen LogP contribution is -2.50. The van der Waals surface area contributed by atoms with Crippen LogP contribution in [-0.2, 0) is 14.3 Å². The van der Waals surface area contributed by atoms with Crippen molar-refractivity contribution in [3.63, 3.8) is 0 Å². The van der Waals surface area contributed by atoms with Crippen LogP contribution in [0, 0.1) is 11.3 Å². The second-order valence-electron chi connectivity index (χ2n) is 9.14. The zero-order valence-corrected chi connectivity index (χ0v) is 22.0. The number of piperazine rings is 1. The van der Waals surface area contributed by atoms with Crippen LogP contribution in [-0.4, -0.2) is 79.0 Å². The number of aromatic nitrogens is 3. The van der Waals surface area contributed by atoms with Crippen molar-refractivity contribution in [3.05, 3.63) is 78.2 Å². The first-order valence-corrected chi connectivity index (χ1v) is 12.7. The molecule has 10 heteroatoms. The average Bonchev–Trinajstić information content (AvgIpc) is 3.41. The van der Waals surface area contributed by atoms with Gasteiger partial charge in [0.15, 0.2) is 6.10 Å². The molecule has 1 aliphatic rings. The van der Waals surface area contributed by atoms with E-state index in [4.69, 9.17) is 19.2 Å². The number of nitrogens with zero attached hydrogens (tertiary/aromatic N) is 6. The number of rotatable bonds is 9. The predicted molar refractivity (Wildman–Crippen MR) is 145 cm³/mol. The third-order valence-electron chi connectivity index (χ3n) is 6.80. The second kappa shape index (κ2) is 11.9. The van der Waals surface area contributed by atoms with Gasteiger partial charge in [-0.15, -0.1) is 0 Å². The number of methoxy groups -OCH3 is 2. The van der Waals surface area contributed by atoms with Gasteiger partial charge in [0.2, 0.25) is 0 Å². The molecule has 4 aromatic rings. The Balaban J connectivity index is 1.30. The van der Waals surface area contributed by atoms with Crippen molar-refractivity contribution in [2.45, 2.75) is 6.10 Å². The van der Waals surface area contributed by atoms with Gasteiger partial charge in [0, 0.05) is 57.7 Å². The zero-order chi connectivity index (χ0) is 27.2. The van der Waals surface area contributed by atoms with Crippen LogP contribution in [0.25, 0.3) is 16.6 Å². The van der Waals surface area contributed by atoms with Crippen LogP contribution in [0.3, 0.4) is 0 Å². The monoisotopic (exact) mass is 526 g/mol. The summed E-state index contributed by atoms with van der Waals surface area (Å²) in [6.07, 6.45) is 4.49. The summed E-state index contributed by atoms with van der Waals surface area (Å²) in [7, 11) is 3.19. The van der Waals surface area contributed by atoms with E-state index in [-0.39, 0.29) is 5.91 Å². The molecule has 200 valence electrons. The Labute approximate surface area is 226 Å².